The molecule has 2 atom stereocenters. The van der Waals surface area contributed by atoms with E-state index in [4.69, 9.17) is 6.42 Å². The van der Waals surface area contributed by atoms with E-state index in [0.29, 0.717) is 0 Å². The summed E-state index contributed by atoms with van der Waals surface area (Å²) in [6.45, 7) is 14.1. The summed E-state index contributed by atoms with van der Waals surface area (Å²) < 4.78 is 0. The Morgan fingerprint density at radius 2 is 1.25 bits per heavy atom. The fraction of sp³-hybridized carbons (Fsp3) is 0.714. The van der Waals surface area contributed by atoms with Gasteiger partial charge in [0, 0.05) is 5.56 Å². The van der Waals surface area contributed by atoms with Gasteiger partial charge in [0.25, 0.3) is 0 Å². The number of terminal acetylenes is 1. The van der Waals surface area contributed by atoms with E-state index in [2.05, 4.69) is 65.7 Å². The smallest absolute Gasteiger partial charge is 0.0277 e. The molecule has 0 saturated carbocycles. The zero-order valence-corrected chi connectivity index (χ0v) is 19.7. The Morgan fingerprint density at radius 3 is 1.75 bits per heavy atom. The molecular weight excluding hydrogens is 336 g/mol. The van der Waals surface area contributed by atoms with Crippen molar-refractivity contribution in [1.82, 2.24) is 0 Å². The van der Waals surface area contributed by atoms with E-state index in [-0.39, 0.29) is 0 Å². The van der Waals surface area contributed by atoms with E-state index >= 15 is 0 Å². The quantitative estimate of drug-likeness (QED) is 0.283. The van der Waals surface area contributed by atoms with Crippen molar-refractivity contribution in [2.45, 2.75) is 106 Å². The molecule has 0 saturated heterocycles. The second kappa shape index (κ2) is 13.9. The molecule has 1 aromatic carbocycles. The van der Waals surface area contributed by atoms with Gasteiger partial charge in [-0.15, -0.1) is 6.42 Å². The Kier molecular flexibility index (Phi) is 12.3. The molecule has 0 N–H and O–H groups in total. The van der Waals surface area contributed by atoms with Gasteiger partial charge in [-0.05, 0) is 66.5 Å². The SMILES string of the molecule is C#Cc1cc(CCC(C)CCCC(C)C)ccc1CCC(C)CCCC(C)C. The van der Waals surface area contributed by atoms with Gasteiger partial charge in [0.05, 0.1) is 0 Å². The molecule has 0 amide bonds. The van der Waals surface area contributed by atoms with Crippen LogP contribution in [0.25, 0.3) is 0 Å². The van der Waals surface area contributed by atoms with E-state index in [9.17, 15) is 0 Å². The van der Waals surface area contributed by atoms with Gasteiger partial charge in [0.15, 0.2) is 0 Å². The van der Waals surface area contributed by atoms with Gasteiger partial charge in [0.1, 0.15) is 0 Å². The van der Waals surface area contributed by atoms with Crippen LogP contribution in [0.15, 0.2) is 18.2 Å². The monoisotopic (exact) mass is 382 g/mol. The molecule has 0 aromatic heterocycles. The molecule has 0 heteroatoms. The minimum atomic E-state index is 0.788. The van der Waals surface area contributed by atoms with Crippen LogP contribution in [-0.4, -0.2) is 0 Å². The highest BCUT2D eigenvalue weighted by Gasteiger charge is 2.09. The molecule has 0 fully saturated rings. The van der Waals surface area contributed by atoms with Crippen molar-refractivity contribution < 1.29 is 0 Å². The van der Waals surface area contributed by atoms with Crippen molar-refractivity contribution in [3.63, 3.8) is 0 Å². The van der Waals surface area contributed by atoms with Crippen LogP contribution in [0.1, 0.15) is 110 Å². The summed E-state index contributed by atoms with van der Waals surface area (Å²) in [4.78, 5) is 0. The van der Waals surface area contributed by atoms with Crippen LogP contribution in [0.4, 0.5) is 0 Å². The van der Waals surface area contributed by atoms with Gasteiger partial charge in [0.2, 0.25) is 0 Å². The van der Waals surface area contributed by atoms with Gasteiger partial charge >= 0.3 is 0 Å². The average Bonchev–Trinajstić information content (AvgIpc) is 2.64. The van der Waals surface area contributed by atoms with E-state index in [1.807, 2.05) is 0 Å². The molecule has 0 nitrogen and oxygen atoms in total. The predicted molar refractivity (Wildman–Crippen MR) is 127 cm³/mol. The molecule has 0 aliphatic heterocycles. The number of aryl methyl sites for hydroxylation is 2. The lowest BCUT2D eigenvalue weighted by atomic mass is 9.91. The summed E-state index contributed by atoms with van der Waals surface area (Å²) in [6.07, 6.45) is 18.8. The van der Waals surface area contributed by atoms with Crippen molar-refractivity contribution in [3.05, 3.63) is 34.9 Å². The van der Waals surface area contributed by atoms with Crippen LogP contribution in [-0.2, 0) is 12.8 Å². The molecule has 0 radical (unpaired) electrons. The molecule has 0 aliphatic rings. The number of hydrogen-bond donors (Lipinski definition) is 0. The Balaban J connectivity index is 2.45. The van der Waals surface area contributed by atoms with Crippen LogP contribution >= 0.6 is 0 Å². The zero-order chi connectivity index (χ0) is 20.9. The topological polar surface area (TPSA) is 0 Å². The maximum Gasteiger partial charge on any atom is 0.0277 e. The van der Waals surface area contributed by atoms with Crippen LogP contribution in [0.5, 0.6) is 0 Å². The Morgan fingerprint density at radius 1 is 0.714 bits per heavy atom. The van der Waals surface area contributed by atoms with Crippen molar-refractivity contribution in [2.75, 3.05) is 0 Å². The third-order valence-electron chi connectivity index (χ3n) is 6.12. The van der Waals surface area contributed by atoms with Gasteiger partial charge in [-0.25, -0.2) is 0 Å². The Hall–Kier alpha value is -1.22. The molecular formula is C28H46. The van der Waals surface area contributed by atoms with Crippen molar-refractivity contribution >= 4 is 0 Å². The first-order valence-corrected chi connectivity index (χ1v) is 11.9. The van der Waals surface area contributed by atoms with Crippen LogP contribution in [0, 0.1) is 36.0 Å². The summed E-state index contributed by atoms with van der Waals surface area (Å²) >= 11 is 0. The largest absolute Gasteiger partial charge is 0.115 e. The minimum absolute atomic E-state index is 0.788. The van der Waals surface area contributed by atoms with Gasteiger partial charge in [-0.1, -0.05) is 98.1 Å². The molecule has 158 valence electrons. The van der Waals surface area contributed by atoms with E-state index in [1.54, 1.807) is 0 Å². The highest BCUT2D eigenvalue weighted by molar-refractivity contribution is 5.42. The van der Waals surface area contributed by atoms with Crippen LogP contribution in [0.3, 0.4) is 0 Å². The first-order valence-electron chi connectivity index (χ1n) is 11.9. The van der Waals surface area contributed by atoms with E-state index < -0.39 is 0 Å². The standard InChI is InChI=1S/C28H46/c1-8-27-21-26(17-15-24(6)13-9-11-22(2)3)18-20-28(27)19-16-25(7)14-10-12-23(4)5/h1,18,20-25H,9-17,19H2,2-7H3. The predicted octanol–water partition coefficient (Wildman–Crippen LogP) is 8.46. The first-order chi connectivity index (χ1) is 13.3. The Labute approximate surface area is 176 Å². The molecule has 2 unspecified atom stereocenters. The summed E-state index contributed by atoms with van der Waals surface area (Å²) in [7, 11) is 0. The second-order valence-corrected chi connectivity index (χ2v) is 10.1. The maximum absolute atomic E-state index is 5.84. The third-order valence-corrected chi connectivity index (χ3v) is 6.12. The molecule has 0 aliphatic carbocycles. The van der Waals surface area contributed by atoms with Gasteiger partial charge in [-0.2, -0.15) is 0 Å². The summed E-state index contributed by atoms with van der Waals surface area (Å²) in [5.74, 6) is 6.20. The lowest BCUT2D eigenvalue weighted by Gasteiger charge is -2.15. The third kappa shape index (κ3) is 10.9. The normalized spacial score (nSPS) is 13.7. The highest BCUT2D eigenvalue weighted by atomic mass is 14.1. The van der Waals surface area contributed by atoms with Crippen molar-refractivity contribution in [3.8, 4) is 12.3 Å². The molecule has 1 aromatic rings. The molecule has 0 heterocycles. The van der Waals surface area contributed by atoms with Gasteiger partial charge < -0.3 is 0 Å². The van der Waals surface area contributed by atoms with E-state index in [1.165, 1.54) is 62.5 Å². The summed E-state index contributed by atoms with van der Waals surface area (Å²) in [5.41, 5.74) is 3.91. The molecule has 28 heavy (non-hydrogen) atoms. The first kappa shape index (κ1) is 24.8. The van der Waals surface area contributed by atoms with Crippen LogP contribution < -0.4 is 0 Å². The maximum atomic E-state index is 5.84. The van der Waals surface area contributed by atoms with Gasteiger partial charge in [-0.3, -0.25) is 0 Å². The zero-order valence-electron chi connectivity index (χ0n) is 19.7. The molecule has 0 bridgehead atoms. The Bertz CT molecular complexity index is 572. The lowest BCUT2D eigenvalue weighted by molar-refractivity contribution is 0.436. The number of benzene rings is 1. The molecule has 1 rings (SSSR count). The summed E-state index contributed by atoms with van der Waals surface area (Å²) in [5, 5.41) is 0. The van der Waals surface area contributed by atoms with Crippen LogP contribution in [0.2, 0.25) is 0 Å². The van der Waals surface area contributed by atoms with Crippen molar-refractivity contribution in [2.24, 2.45) is 23.7 Å². The highest BCUT2D eigenvalue weighted by Crippen LogP contribution is 2.22. The fourth-order valence-electron chi connectivity index (χ4n) is 3.98. The minimum Gasteiger partial charge on any atom is -0.115 e. The van der Waals surface area contributed by atoms with E-state index in [0.717, 1.165) is 42.1 Å². The molecule has 0 spiro atoms. The lowest BCUT2D eigenvalue weighted by Crippen LogP contribution is -2.02. The fourth-order valence-corrected chi connectivity index (χ4v) is 3.98. The number of hydrogen-bond acceptors (Lipinski definition) is 0. The second-order valence-electron chi connectivity index (χ2n) is 10.1. The summed E-state index contributed by atoms with van der Waals surface area (Å²) in [6, 6.07) is 6.90. The average molecular weight is 383 g/mol. The van der Waals surface area contributed by atoms with Crippen molar-refractivity contribution in [1.29, 1.82) is 0 Å². The number of rotatable bonds is 14.